The average molecular weight is 216 g/mol. The third-order valence-corrected chi connectivity index (χ3v) is 3.50. The third kappa shape index (κ3) is 1.91. The van der Waals surface area contributed by atoms with Crippen LogP contribution in [0.4, 0.5) is 0 Å². The lowest BCUT2D eigenvalue weighted by molar-refractivity contribution is -0.173. The number of carbonyl (C=O) groups excluding carboxylic acids is 1. The molecule has 1 saturated carbocycles. The van der Waals surface area contributed by atoms with Crippen LogP contribution in [0.2, 0.25) is 0 Å². The molecule has 2 rings (SSSR count). The first kappa shape index (κ1) is 10.3. The molecule has 1 saturated heterocycles. The van der Waals surface area contributed by atoms with Crippen molar-refractivity contribution in [1.82, 2.24) is 0 Å². The van der Waals surface area contributed by atoms with Gasteiger partial charge in [0.25, 0.3) is 0 Å². The molecule has 1 heterocycles. The van der Waals surface area contributed by atoms with E-state index in [9.17, 15) is 4.79 Å². The van der Waals surface area contributed by atoms with Gasteiger partial charge in [-0.2, -0.15) is 11.8 Å². The van der Waals surface area contributed by atoms with Crippen molar-refractivity contribution in [2.75, 3.05) is 12.0 Å². The summed E-state index contributed by atoms with van der Waals surface area (Å²) in [4.78, 5) is 11.5. The van der Waals surface area contributed by atoms with Crippen molar-refractivity contribution in [3.8, 4) is 0 Å². The first-order chi connectivity index (χ1) is 6.76. The maximum absolute atomic E-state index is 11.5. The van der Waals surface area contributed by atoms with E-state index in [1.54, 1.807) is 11.8 Å². The zero-order valence-corrected chi connectivity index (χ0v) is 9.27. The minimum Gasteiger partial charge on any atom is -0.431 e. The van der Waals surface area contributed by atoms with E-state index in [-0.39, 0.29) is 12.1 Å². The highest BCUT2D eigenvalue weighted by Crippen LogP contribution is 2.40. The Bertz CT molecular complexity index is 223. The van der Waals surface area contributed by atoms with Crippen molar-refractivity contribution in [1.29, 1.82) is 0 Å². The first-order valence-corrected chi connectivity index (χ1v) is 6.55. The van der Waals surface area contributed by atoms with Crippen molar-refractivity contribution in [3.05, 3.63) is 0 Å². The Hall–Kier alpha value is -0.220. The van der Waals surface area contributed by atoms with Crippen LogP contribution < -0.4 is 0 Å². The molecular weight excluding hydrogens is 200 g/mol. The standard InChI is InChI=1S/C10H16O3S/c1-14-7-4-8-9(11)13-10(12-8)5-2-3-6-10/h8H,2-7H2,1H3. The molecule has 0 N–H and O–H groups in total. The number of esters is 1. The van der Waals surface area contributed by atoms with E-state index >= 15 is 0 Å². The molecule has 0 aromatic heterocycles. The number of carbonyl (C=O) groups is 1. The van der Waals surface area contributed by atoms with Gasteiger partial charge >= 0.3 is 5.97 Å². The van der Waals surface area contributed by atoms with Gasteiger partial charge in [0.05, 0.1) is 0 Å². The normalized spacial score (nSPS) is 29.8. The molecule has 0 amide bonds. The van der Waals surface area contributed by atoms with Crippen LogP contribution in [-0.4, -0.2) is 29.9 Å². The number of thioether (sulfide) groups is 1. The van der Waals surface area contributed by atoms with Gasteiger partial charge in [0, 0.05) is 12.8 Å². The summed E-state index contributed by atoms with van der Waals surface area (Å²) in [5.74, 6) is 0.275. The largest absolute Gasteiger partial charge is 0.431 e. The highest BCUT2D eigenvalue weighted by molar-refractivity contribution is 7.98. The lowest BCUT2D eigenvalue weighted by Crippen LogP contribution is -2.26. The topological polar surface area (TPSA) is 35.5 Å². The second kappa shape index (κ2) is 4.11. The molecule has 2 fully saturated rings. The second-order valence-corrected chi connectivity index (χ2v) is 4.91. The van der Waals surface area contributed by atoms with Gasteiger partial charge in [-0.25, -0.2) is 4.79 Å². The van der Waals surface area contributed by atoms with Gasteiger partial charge in [-0.15, -0.1) is 0 Å². The minimum absolute atomic E-state index is 0.152. The van der Waals surface area contributed by atoms with Crippen molar-refractivity contribution in [3.63, 3.8) is 0 Å². The van der Waals surface area contributed by atoms with Crippen LogP contribution in [-0.2, 0) is 14.3 Å². The minimum atomic E-state index is -0.528. The summed E-state index contributed by atoms with van der Waals surface area (Å²) >= 11 is 1.73. The fraction of sp³-hybridized carbons (Fsp3) is 0.900. The van der Waals surface area contributed by atoms with Crippen LogP contribution in [0.25, 0.3) is 0 Å². The zero-order chi connectivity index (χ0) is 10.0. The highest BCUT2D eigenvalue weighted by Gasteiger charge is 2.49. The summed E-state index contributed by atoms with van der Waals surface area (Å²) in [6, 6.07) is 0. The molecule has 1 spiro atoms. The summed E-state index contributed by atoms with van der Waals surface area (Å²) in [7, 11) is 0. The van der Waals surface area contributed by atoms with Crippen molar-refractivity contribution in [2.24, 2.45) is 0 Å². The molecule has 4 heteroatoms. The van der Waals surface area contributed by atoms with Crippen LogP contribution in [0.5, 0.6) is 0 Å². The van der Waals surface area contributed by atoms with E-state index in [1.165, 1.54) is 0 Å². The molecule has 3 nitrogen and oxygen atoms in total. The number of hydrogen-bond donors (Lipinski definition) is 0. The molecule has 2 aliphatic rings. The third-order valence-electron chi connectivity index (χ3n) is 2.86. The van der Waals surface area contributed by atoms with Crippen molar-refractivity contribution in [2.45, 2.75) is 44.0 Å². The molecule has 0 aromatic rings. The molecule has 1 aliphatic carbocycles. The van der Waals surface area contributed by atoms with Crippen LogP contribution in [0.1, 0.15) is 32.1 Å². The van der Waals surface area contributed by atoms with Gasteiger partial charge in [0.2, 0.25) is 5.79 Å². The molecule has 1 atom stereocenters. The predicted molar refractivity (Wildman–Crippen MR) is 55.2 cm³/mol. The Morgan fingerprint density at radius 3 is 2.86 bits per heavy atom. The Balaban J connectivity index is 1.92. The van der Waals surface area contributed by atoms with Gasteiger partial charge in [-0.3, -0.25) is 0 Å². The molecule has 1 aliphatic heterocycles. The quantitative estimate of drug-likeness (QED) is 0.675. The first-order valence-electron chi connectivity index (χ1n) is 5.15. The molecular formula is C10H16O3S. The van der Waals surface area contributed by atoms with Gasteiger partial charge in [-0.1, -0.05) is 0 Å². The Kier molecular flexibility index (Phi) is 3.02. The van der Waals surface area contributed by atoms with E-state index in [4.69, 9.17) is 9.47 Å². The monoisotopic (exact) mass is 216 g/mol. The van der Waals surface area contributed by atoms with E-state index in [2.05, 4.69) is 0 Å². The summed E-state index contributed by atoms with van der Waals surface area (Å²) in [5.41, 5.74) is 0. The Labute approximate surface area is 88.5 Å². The number of rotatable bonds is 3. The SMILES string of the molecule is CSCCC1OC2(CCCC2)OC1=O. The summed E-state index contributed by atoms with van der Waals surface area (Å²) < 4.78 is 11.1. The zero-order valence-electron chi connectivity index (χ0n) is 8.45. The number of ether oxygens (including phenoxy) is 2. The summed E-state index contributed by atoms with van der Waals surface area (Å²) in [5, 5.41) is 0. The van der Waals surface area contributed by atoms with Crippen LogP contribution in [0, 0.1) is 0 Å². The fourth-order valence-electron chi connectivity index (χ4n) is 2.12. The maximum Gasteiger partial charge on any atom is 0.337 e. The van der Waals surface area contributed by atoms with E-state index < -0.39 is 5.79 Å². The van der Waals surface area contributed by atoms with Gasteiger partial charge in [0.15, 0.2) is 6.10 Å². The van der Waals surface area contributed by atoms with Crippen LogP contribution in [0.15, 0.2) is 0 Å². The lowest BCUT2D eigenvalue weighted by Gasteiger charge is -2.20. The summed E-state index contributed by atoms with van der Waals surface area (Å²) in [6.45, 7) is 0. The van der Waals surface area contributed by atoms with Gasteiger partial charge < -0.3 is 9.47 Å². The van der Waals surface area contributed by atoms with Gasteiger partial charge in [0.1, 0.15) is 0 Å². The van der Waals surface area contributed by atoms with E-state index in [1.807, 2.05) is 6.26 Å². The molecule has 14 heavy (non-hydrogen) atoms. The number of hydrogen-bond acceptors (Lipinski definition) is 4. The summed E-state index contributed by atoms with van der Waals surface area (Å²) in [6.07, 6.45) is 6.50. The molecule has 1 unspecified atom stereocenters. The lowest BCUT2D eigenvalue weighted by atomic mass is 10.2. The van der Waals surface area contributed by atoms with Crippen molar-refractivity contribution >= 4 is 17.7 Å². The van der Waals surface area contributed by atoms with E-state index in [0.717, 1.165) is 37.9 Å². The Morgan fingerprint density at radius 2 is 2.21 bits per heavy atom. The maximum atomic E-state index is 11.5. The van der Waals surface area contributed by atoms with Crippen LogP contribution in [0.3, 0.4) is 0 Å². The molecule has 0 radical (unpaired) electrons. The fourth-order valence-corrected chi connectivity index (χ4v) is 2.57. The molecule has 0 aromatic carbocycles. The molecule has 0 bridgehead atoms. The predicted octanol–water partition coefficient (Wildman–Crippen LogP) is 1.95. The Morgan fingerprint density at radius 1 is 1.50 bits per heavy atom. The second-order valence-electron chi connectivity index (χ2n) is 3.93. The smallest absolute Gasteiger partial charge is 0.337 e. The van der Waals surface area contributed by atoms with Crippen molar-refractivity contribution < 1.29 is 14.3 Å². The average Bonchev–Trinajstić information content (AvgIpc) is 2.72. The van der Waals surface area contributed by atoms with Crippen LogP contribution >= 0.6 is 11.8 Å². The highest BCUT2D eigenvalue weighted by atomic mass is 32.2. The molecule has 80 valence electrons. The van der Waals surface area contributed by atoms with E-state index in [0.29, 0.717) is 0 Å². The van der Waals surface area contributed by atoms with Gasteiger partial charge in [-0.05, 0) is 31.3 Å².